The van der Waals surface area contributed by atoms with Gasteiger partial charge in [0.25, 0.3) is 5.78 Å². The molecule has 0 N–H and O–H groups in total. The molecule has 4 nitrogen and oxygen atoms in total. The lowest BCUT2D eigenvalue weighted by atomic mass is 9.85. The van der Waals surface area contributed by atoms with Crippen LogP contribution in [0.15, 0.2) is 30.3 Å². The van der Waals surface area contributed by atoms with E-state index in [2.05, 4.69) is 0 Å². The van der Waals surface area contributed by atoms with Gasteiger partial charge < -0.3 is 9.47 Å². The first kappa shape index (κ1) is 15.8. The number of esters is 1. The van der Waals surface area contributed by atoms with Gasteiger partial charge in [-0.2, -0.15) is 0 Å². The lowest BCUT2D eigenvalue weighted by molar-refractivity contribution is -0.164. The summed E-state index contributed by atoms with van der Waals surface area (Å²) in [6.45, 7) is 5.67. The number of ether oxygens (including phenoxy) is 2. The second kappa shape index (κ2) is 5.15. The number of aryl methyl sites for hydroxylation is 2. The Morgan fingerprint density at radius 1 is 1.04 bits per heavy atom. The van der Waals surface area contributed by atoms with Gasteiger partial charge in [0, 0.05) is 0 Å². The number of hydrogen-bond acceptors (Lipinski definition) is 4. The Balaban J connectivity index is 1.87. The van der Waals surface area contributed by atoms with Crippen LogP contribution >= 0.6 is 0 Å². The van der Waals surface area contributed by atoms with Gasteiger partial charge in [-0.25, -0.2) is 4.39 Å². The van der Waals surface area contributed by atoms with Crippen molar-refractivity contribution in [3.63, 3.8) is 0 Å². The molecule has 0 saturated carbocycles. The first-order chi connectivity index (χ1) is 11.8. The maximum atomic E-state index is 13.3. The molecule has 2 aromatic carbocycles. The predicted octanol–water partition coefficient (Wildman–Crippen LogP) is 3.75. The number of hydrogen-bond donors (Lipinski definition) is 0. The van der Waals surface area contributed by atoms with Crippen molar-refractivity contribution in [1.82, 2.24) is 0 Å². The molecule has 2 aromatic rings. The Kier molecular flexibility index (Phi) is 3.26. The van der Waals surface area contributed by atoms with Crippen LogP contribution in [0.5, 0.6) is 5.75 Å². The maximum Gasteiger partial charge on any atom is 0.326 e. The van der Waals surface area contributed by atoms with E-state index in [1.807, 2.05) is 26.8 Å². The van der Waals surface area contributed by atoms with Crippen molar-refractivity contribution >= 4 is 11.8 Å². The molecule has 2 aliphatic heterocycles. The van der Waals surface area contributed by atoms with Crippen molar-refractivity contribution in [2.45, 2.75) is 38.9 Å². The zero-order valence-electron chi connectivity index (χ0n) is 14.2. The Morgan fingerprint density at radius 2 is 1.72 bits per heavy atom. The van der Waals surface area contributed by atoms with Gasteiger partial charge in [0.15, 0.2) is 0 Å². The first-order valence-corrected chi connectivity index (χ1v) is 8.15. The van der Waals surface area contributed by atoms with Gasteiger partial charge in [0.2, 0.25) is 0 Å². The van der Waals surface area contributed by atoms with Crippen LogP contribution < -0.4 is 4.74 Å². The van der Waals surface area contributed by atoms with E-state index in [9.17, 15) is 14.0 Å². The van der Waals surface area contributed by atoms with Gasteiger partial charge in [-0.05, 0) is 55.2 Å². The average Bonchev–Trinajstić information content (AvgIpc) is 3.05. The summed E-state index contributed by atoms with van der Waals surface area (Å²) in [5.41, 5.74) is 3.75. The van der Waals surface area contributed by atoms with Crippen LogP contribution in [0.1, 0.15) is 45.0 Å². The minimum Gasteiger partial charge on any atom is -0.444 e. The van der Waals surface area contributed by atoms with Crippen molar-refractivity contribution in [1.29, 1.82) is 0 Å². The van der Waals surface area contributed by atoms with Crippen molar-refractivity contribution in [3.8, 4) is 5.75 Å². The lowest BCUT2D eigenvalue weighted by Gasteiger charge is -2.27. The maximum absolute atomic E-state index is 13.3. The van der Waals surface area contributed by atoms with Gasteiger partial charge >= 0.3 is 11.8 Å². The molecule has 0 amide bonds. The fourth-order valence-corrected chi connectivity index (χ4v) is 3.74. The average molecular weight is 340 g/mol. The van der Waals surface area contributed by atoms with Crippen LogP contribution in [0.4, 0.5) is 4.39 Å². The molecular weight excluding hydrogens is 323 g/mol. The normalized spacial score (nSPS) is 24.4. The molecule has 2 atom stereocenters. The summed E-state index contributed by atoms with van der Waals surface area (Å²) in [6, 6.07) is 7.67. The van der Waals surface area contributed by atoms with Crippen LogP contribution in [0.3, 0.4) is 0 Å². The number of carbonyl (C=O) groups excluding carboxylic acids is 2. The third-order valence-corrected chi connectivity index (χ3v) is 5.15. The highest BCUT2D eigenvalue weighted by molar-refractivity contribution is 6.10. The Hall–Kier alpha value is -2.69. The summed E-state index contributed by atoms with van der Waals surface area (Å²) < 4.78 is 24.8. The van der Waals surface area contributed by atoms with Crippen LogP contribution in [0.2, 0.25) is 0 Å². The molecule has 0 aliphatic carbocycles. The molecule has 2 aliphatic rings. The third kappa shape index (κ3) is 2.11. The molecule has 4 rings (SSSR count). The van der Waals surface area contributed by atoms with E-state index in [0.717, 1.165) is 16.7 Å². The number of benzene rings is 2. The van der Waals surface area contributed by atoms with E-state index in [4.69, 9.17) is 9.47 Å². The predicted molar refractivity (Wildman–Crippen MR) is 88.2 cm³/mol. The van der Waals surface area contributed by atoms with Crippen molar-refractivity contribution < 1.29 is 23.5 Å². The smallest absolute Gasteiger partial charge is 0.326 e. The van der Waals surface area contributed by atoms with E-state index < -0.39 is 17.7 Å². The minimum absolute atomic E-state index is 0.0163. The fourth-order valence-electron chi connectivity index (χ4n) is 3.74. The van der Waals surface area contributed by atoms with E-state index in [-0.39, 0.29) is 18.0 Å². The van der Waals surface area contributed by atoms with Crippen LogP contribution in [0, 0.1) is 26.6 Å². The first-order valence-electron chi connectivity index (χ1n) is 8.15. The quantitative estimate of drug-likeness (QED) is 0.742. The van der Waals surface area contributed by atoms with Gasteiger partial charge in [0.1, 0.15) is 11.6 Å². The summed E-state index contributed by atoms with van der Waals surface area (Å²) in [5, 5.41) is 0. The summed E-state index contributed by atoms with van der Waals surface area (Å²) >= 11 is 0. The highest BCUT2D eigenvalue weighted by Crippen LogP contribution is 2.51. The van der Waals surface area contributed by atoms with E-state index >= 15 is 0 Å². The fraction of sp³-hybridized carbons (Fsp3) is 0.300. The van der Waals surface area contributed by atoms with E-state index in [1.54, 1.807) is 12.1 Å². The zero-order valence-corrected chi connectivity index (χ0v) is 14.2. The van der Waals surface area contributed by atoms with E-state index in [0.29, 0.717) is 16.9 Å². The SMILES string of the molecule is Cc1cc(C)c2c(c1C)O[C@@]1(OC(=O)C[C@@H]1c1ccc(F)cc1)C2=O. The summed E-state index contributed by atoms with van der Waals surface area (Å²) in [5.74, 6) is -3.05. The topological polar surface area (TPSA) is 52.6 Å². The zero-order chi connectivity index (χ0) is 17.9. The van der Waals surface area contributed by atoms with Crippen molar-refractivity contribution in [2.75, 3.05) is 0 Å². The van der Waals surface area contributed by atoms with Crippen LogP contribution in [-0.4, -0.2) is 17.5 Å². The third-order valence-electron chi connectivity index (χ3n) is 5.15. The molecule has 128 valence electrons. The molecule has 0 radical (unpaired) electrons. The van der Waals surface area contributed by atoms with Gasteiger partial charge in [0.05, 0.1) is 17.9 Å². The number of carbonyl (C=O) groups is 2. The Morgan fingerprint density at radius 3 is 2.40 bits per heavy atom. The summed E-state index contributed by atoms with van der Waals surface area (Å²) in [7, 11) is 0. The standard InChI is InChI=1S/C20H17FO4/c1-10-8-11(2)17-18(12(10)3)25-20(19(17)23)15(9-16(22)24-20)13-4-6-14(21)7-5-13/h4-8,15H,9H2,1-3H3/t15-,20-/m1/s1. The van der Waals surface area contributed by atoms with E-state index in [1.165, 1.54) is 12.1 Å². The molecule has 0 bridgehead atoms. The van der Waals surface area contributed by atoms with Gasteiger partial charge in [-0.15, -0.1) is 0 Å². The molecule has 1 saturated heterocycles. The monoisotopic (exact) mass is 340 g/mol. The lowest BCUT2D eigenvalue weighted by Crippen LogP contribution is -2.44. The molecular formula is C20H17FO4. The van der Waals surface area contributed by atoms with Gasteiger partial charge in [-0.1, -0.05) is 18.2 Å². The van der Waals surface area contributed by atoms with Gasteiger partial charge in [-0.3, -0.25) is 9.59 Å². The number of halogens is 1. The second-order valence-electron chi connectivity index (χ2n) is 6.72. The molecule has 1 fully saturated rings. The van der Waals surface area contributed by atoms with Crippen molar-refractivity contribution in [2.24, 2.45) is 0 Å². The molecule has 25 heavy (non-hydrogen) atoms. The largest absolute Gasteiger partial charge is 0.444 e. The highest BCUT2D eigenvalue weighted by Gasteiger charge is 2.62. The number of Topliss-reactive ketones (excluding diaryl/α,β-unsaturated/α-hetero) is 1. The number of fused-ring (bicyclic) bond motifs is 1. The molecule has 0 aromatic heterocycles. The highest BCUT2D eigenvalue weighted by atomic mass is 19.1. The summed E-state index contributed by atoms with van der Waals surface area (Å²) in [6.07, 6.45) is 0.0163. The molecule has 2 heterocycles. The second-order valence-corrected chi connectivity index (χ2v) is 6.72. The Labute approximate surface area is 144 Å². The minimum atomic E-state index is -1.69. The van der Waals surface area contributed by atoms with Crippen LogP contribution in [-0.2, 0) is 9.53 Å². The number of rotatable bonds is 1. The molecule has 1 spiro atoms. The molecule has 0 unspecified atom stereocenters. The summed E-state index contributed by atoms with van der Waals surface area (Å²) in [4.78, 5) is 25.3. The molecule has 5 heteroatoms. The van der Waals surface area contributed by atoms with Crippen molar-refractivity contribution in [3.05, 3.63) is 64.0 Å². The Bertz CT molecular complexity index is 916. The number of ketones is 1. The van der Waals surface area contributed by atoms with Crippen LogP contribution in [0.25, 0.3) is 0 Å².